The standard InChI is InChI=1S/C19H25ClN2O/c1-18(2)10-16-11-19(3,12-18)13-22(16)17(23)21-8-7-14-5-4-6-15(20)9-14/h4-9,16H,10-13H2,1-3H3,(H,21,23)/b8-7+. The van der Waals surface area contributed by atoms with Crippen molar-refractivity contribution in [3.8, 4) is 0 Å². The van der Waals surface area contributed by atoms with Crippen molar-refractivity contribution < 1.29 is 4.79 Å². The van der Waals surface area contributed by atoms with Crippen LogP contribution in [0.25, 0.3) is 6.08 Å². The SMILES string of the molecule is CC1(C)CC2CC(C)(CN2C(=O)N/C=C/c2cccc(Cl)c2)C1. The molecule has 2 unspecified atom stereocenters. The number of hydrogen-bond donors (Lipinski definition) is 1. The minimum absolute atomic E-state index is 0.00898. The Kier molecular flexibility index (Phi) is 4.18. The normalized spacial score (nSPS) is 29.0. The van der Waals surface area contributed by atoms with Crippen LogP contribution in [0.2, 0.25) is 5.02 Å². The van der Waals surface area contributed by atoms with Gasteiger partial charge in [0, 0.05) is 23.8 Å². The van der Waals surface area contributed by atoms with E-state index >= 15 is 0 Å². The van der Waals surface area contributed by atoms with Crippen LogP contribution >= 0.6 is 11.6 Å². The van der Waals surface area contributed by atoms with Crippen molar-refractivity contribution in [1.82, 2.24) is 10.2 Å². The maximum absolute atomic E-state index is 12.5. The predicted octanol–water partition coefficient (Wildman–Crippen LogP) is 4.92. The molecule has 0 spiro atoms. The van der Waals surface area contributed by atoms with Crippen LogP contribution in [0.1, 0.15) is 45.6 Å². The number of nitrogens with one attached hydrogen (secondary N) is 1. The molecule has 1 aromatic rings. The van der Waals surface area contributed by atoms with Gasteiger partial charge in [0.25, 0.3) is 0 Å². The van der Waals surface area contributed by atoms with Crippen LogP contribution in [0.5, 0.6) is 0 Å². The average Bonchev–Trinajstić information content (AvgIpc) is 2.68. The molecule has 124 valence electrons. The third-order valence-electron chi connectivity index (χ3n) is 5.01. The third kappa shape index (κ3) is 3.72. The first-order valence-electron chi connectivity index (χ1n) is 8.26. The quantitative estimate of drug-likeness (QED) is 0.819. The number of urea groups is 1. The van der Waals surface area contributed by atoms with E-state index in [1.807, 2.05) is 35.2 Å². The van der Waals surface area contributed by atoms with E-state index in [0.29, 0.717) is 16.5 Å². The van der Waals surface area contributed by atoms with Crippen LogP contribution in [-0.2, 0) is 0 Å². The van der Waals surface area contributed by atoms with Gasteiger partial charge in [0.15, 0.2) is 0 Å². The number of benzene rings is 1. The summed E-state index contributed by atoms with van der Waals surface area (Å²) in [5, 5.41) is 3.61. The van der Waals surface area contributed by atoms with Crippen LogP contribution in [0.4, 0.5) is 4.79 Å². The number of fused-ring (bicyclic) bond motifs is 2. The van der Waals surface area contributed by atoms with Gasteiger partial charge in [0.2, 0.25) is 0 Å². The predicted molar refractivity (Wildman–Crippen MR) is 95.3 cm³/mol. The highest BCUT2D eigenvalue weighted by molar-refractivity contribution is 6.30. The van der Waals surface area contributed by atoms with Gasteiger partial charge in [0.05, 0.1) is 0 Å². The summed E-state index contributed by atoms with van der Waals surface area (Å²) in [5.74, 6) is 0. The molecule has 3 nitrogen and oxygen atoms in total. The molecule has 23 heavy (non-hydrogen) atoms. The lowest BCUT2D eigenvalue weighted by molar-refractivity contribution is 0.129. The molecule has 2 bridgehead atoms. The van der Waals surface area contributed by atoms with E-state index in [4.69, 9.17) is 11.6 Å². The van der Waals surface area contributed by atoms with E-state index in [0.717, 1.165) is 24.9 Å². The Labute approximate surface area is 143 Å². The molecule has 0 radical (unpaired) electrons. The van der Waals surface area contributed by atoms with Gasteiger partial charge in [0.1, 0.15) is 0 Å². The van der Waals surface area contributed by atoms with Gasteiger partial charge in [-0.3, -0.25) is 0 Å². The molecule has 2 atom stereocenters. The number of halogens is 1. The van der Waals surface area contributed by atoms with Gasteiger partial charge in [-0.05, 0) is 53.9 Å². The van der Waals surface area contributed by atoms with Crippen molar-refractivity contribution in [2.24, 2.45) is 10.8 Å². The van der Waals surface area contributed by atoms with Crippen molar-refractivity contribution in [3.05, 3.63) is 41.1 Å². The Morgan fingerprint density at radius 2 is 2.13 bits per heavy atom. The summed E-state index contributed by atoms with van der Waals surface area (Å²) in [6.07, 6.45) is 7.00. The summed E-state index contributed by atoms with van der Waals surface area (Å²) in [7, 11) is 0. The molecular weight excluding hydrogens is 308 g/mol. The molecule has 2 fully saturated rings. The van der Waals surface area contributed by atoms with Gasteiger partial charge in [-0.15, -0.1) is 0 Å². The topological polar surface area (TPSA) is 32.3 Å². The van der Waals surface area contributed by atoms with Crippen molar-refractivity contribution >= 4 is 23.7 Å². The molecule has 4 heteroatoms. The fraction of sp³-hybridized carbons (Fsp3) is 0.526. The van der Waals surface area contributed by atoms with Gasteiger partial charge >= 0.3 is 6.03 Å². The Bertz CT molecular complexity index is 640. The van der Waals surface area contributed by atoms with E-state index in [1.165, 1.54) is 6.42 Å². The van der Waals surface area contributed by atoms with Gasteiger partial charge in [-0.25, -0.2) is 4.79 Å². The molecule has 2 amide bonds. The molecule has 2 aliphatic rings. The number of nitrogens with zero attached hydrogens (tertiary/aromatic N) is 1. The molecule has 1 aliphatic heterocycles. The second kappa shape index (κ2) is 5.86. The van der Waals surface area contributed by atoms with Crippen molar-refractivity contribution in [2.45, 2.75) is 46.1 Å². The van der Waals surface area contributed by atoms with E-state index in [9.17, 15) is 4.79 Å². The smallest absolute Gasteiger partial charge is 0.321 e. The number of hydrogen-bond acceptors (Lipinski definition) is 1. The third-order valence-corrected chi connectivity index (χ3v) is 5.24. The minimum Gasteiger partial charge on any atom is -0.321 e. The van der Waals surface area contributed by atoms with E-state index < -0.39 is 0 Å². The van der Waals surface area contributed by atoms with Gasteiger partial charge in [-0.2, -0.15) is 0 Å². The Hall–Kier alpha value is -1.48. The molecule has 0 aromatic heterocycles. The Balaban J connectivity index is 1.63. The first-order chi connectivity index (χ1) is 10.8. The van der Waals surface area contributed by atoms with Crippen molar-refractivity contribution in [1.29, 1.82) is 0 Å². The largest absolute Gasteiger partial charge is 0.321 e. The number of amides is 2. The summed E-state index contributed by atoms with van der Waals surface area (Å²) < 4.78 is 0. The molecule has 3 rings (SSSR count). The lowest BCUT2D eigenvalue weighted by Crippen LogP contribution is -2.41. The summed E-state index contributed by atoms with van der Waals surface area (Å²) in [6.45, 7) is 7.81. The monoisotopic (exact) mass is 332 g/mol. The molecule has 1 aliphatic carbocycles. The van der Waals surface area contributed by atoms with Crippen LogP contribution in [0.15, 0.2) is 30.5 Å². The minimum atomic E-state index is 0.00898. The maximum Gasteiger partial charge on any atom is 0.321 e. The molecule has 1 saturated carbocycles. The molecule has 1 N–H and O–H groups in total. The number of rotatable bonds is 2. The lowest BCUT2D eigenvalue weighted by atomic mass is 9.65. The Morgan fingerprint density at radius 1 is 1.35 bits per heavy atom. The fourth-order valence-electron chi connectivity index (χ4n) is 4.60. The molecule has 1 aromatic carbocycles. The number of carbonyl (C=O) groups excluding carboxylic acids is 1. The highest BCUT2D eigenvalue weighted by Crippen LogP contribution is 2.52. The molecule has 1 heterocycles. The molecular formula is C19H25ClN2O. The first kappa shape index (κ1) is 16.4. The zero-order valence-electron chi connectivity index (χ0n) is 14.1. The summed E-state index contributed by atoms with van der Waals surface area (Å²) in [4.78, 5) is 14.6. The second-order valence-corrected chi connectivity index (χ2v) is 8.62. The van der Waals surface area contributed by atoms with Gasteiger partial charge < -0.3 is 10.2 Å². The van der Waals surface area contributed by atoms with E-state index in [1.54, 1.807) is 6.20 Å². The zero-order valence-corrected chi connectivity index (χ0v) is 14.9. The first-order valence-corrected chi connectivity index (χ1v) is 8.64. The van der Waals surface area contributed by atoms with E-state index in [2.05, 4.69) is 26.1 Å². The van der Waals surface area contributed by atoms with Crippen molar-refractivity contribution in [3.63, 3.8) is 0 Å². The summed E-state index contributed by atoms with van der Waals surface area (Å²) >= 11 is 5.96. The van der Waals surface area contributed by atoms with Crippen LogP contribution in [-0.4, -0.2) is 23.5 Å². The number of carbonyl (C=O) groups is 1. The van der Waals surface area contributed by atoms with Crippen LogP contribution < -0.4 is 5.32 Å². The maximum atomic E-state index is 12.5. The Morgan fingerprint density at radius 3 is 2.87 bits per heavy atom. The average molecular weight is 333 g/mol. The highest BCUT2D eigenvalue weighted by Gasteiger charge is 2.50. The highest BCUT2D eigenvalue weighted by atomic mass is 35.5. The second-order valence-electron chi connectivity index (χ2n) is 8.18. The summed E-state index contributed by atoms with van der Waals surface area (Å²) in [6, 6.07) is 7.94. The van der Waals surface area contributed by atoms with Crippen LogP contribution in [0, 0.1) is 10.8 Å². The van der Waals surface area contributed by atoms with E-state index in [-0.39, 0.29) is 11.4 Å². The van der Waals surface area contributed by atoms with Crippen molar-refractivity contribution in [2.75, 3.05) is 6.54 Å². The lowest BCUT2D eigenvalue weighted by Gasteiger charge is -2.39. The van der Waals surface area contributed by atoms with Gasteiger partial charge in [-0.1, -0.05) is 44.5 Å². The summed E-state index contributed by atoms with van der Waals surface area (Å²) in [5.41, 5.74) is 1.56. The van der Waals surface area contributed by atoms with Crippen LogP contribution in [0.3, 0.4) is 0 Å². The zero-order chi connectivity index (χ0) is 16.7. The fourth-order valence-corrected chi connectivity index (χ4v) is 4.80. The molecule has 1 saturated heterocycles. The number of likely N-dealkylation sites (tertiary alicyclic amines) is 1.